The summed E-state index contributed by atoms with van der Waals surface area (Å²) in [5.41, 5.74) is 1.93. The quantitative estimate of drug-likeness (QED) is 0.602. The van der Waals surface area contributed by atoms with Gasteiger partial charge in [0.2, 0.25) is 6.79 Å². The second-order valence-electron chi connectivity index (χ2n) is 6.49. The van der Waals surface area contributed by atoms with Gasteiger partial charge in [0.1, 0.15) is 12.4 Å². The normalized spacial score (nSPS) is 11.6. The Hall–Kier alpha value is -4.00. The Morgan fingerprint density at radius 2 is 1.67 bits per heavy atom. The van der Waals surface area contributed by atoms with Gasteiger partial charge in [0.15, 0.2) is 18.1 Å². The lowest BCUT2D eigenvalue weighted by Gasteiger charge is -2.09. The molecule has 0 aromatic heterocycles. The van der Waals surface area contributed by atoms with Gasteiger partial charge in [-0.1, -0.05) is 30.3 Å². The van der Waals surface area contributed by atoms with Crippen molar-refractivity contribution in [3.63, 3.8) is 0 Å². The fourth-order valence-corrected chi connectivity index (χ4v) is 2.81. The smallest absolute Gasteiger partial charge is 0.338 e. The van der Waals surface area contributed by atoms with Gasteiger partial charge in [0.25, 0.3) is 5.91 Å². The lowest BCUT2D eigenvalue weighted by molar-refractivity contribution is -0.119. The van der Waals surface area contributed by atoms with E-state index in [0.29, 0.717) is 29.5 Å². The zero-order chi connectivity index (χ0) is 20.8. The van der Waals surface area contributed by atoms with Crippen LogP contribution in [0.4, 0.5) is 5.69 Å². The minimum absolute atomic E-state index is 0.117. The molecule has 3 aromatic rings. The molecule has 1 aliphatic rings. The van der Waals surface area contributed by atoms with Crippen LogP contribution in [0.2, 0.25) is 0 Å². The molecule has 0 spiro atoms. The van der Waals surface area contributed by atoms with Crippen molar-refractivity contribution < 1.29 is 28.5 Å². The topological polar surface area (TPSA) is 83.1 Å². The minimum Gasteiger partial charge on any atom is -0.489 e. The first kappa shape index (κ1) is 19.3. The number of benzene rings is 3. The van der Waals surface area contributed by atoms with Crippen molar-refractivity contribution in [2.45, 2.75) is 6.61 Å². The van der Waals surface area contributed by atoms with E-state index >= 15 is 0 Å². The number of nitrogens with one attached hydrogen (secondary N) is 1. The first-order valence-corrected chi connectivity index (χ1v) is 9.31. The summed E-state index contributed by atoms with van der Waals surface area (Å²) in [6, 6.07) is 21.5. The number of carbonyl (C=O) groups excluding carboxylic acids is 2. The summed E-state index contributed by atoms with van der Waals surface area (Å²) in [4.78, 5) is 24.2. The van der Waals surface area contributed by atoms with Crippen LogP contribution in [0.3, 0.4) is 0 Å². The van der Waals surface area contributed by atoms with Gasteiger partial charge in [0.05, 0.1) is 5.56 Å². The molecule has 0 bridgehead atoms. The maximum Gasteiger partial charge on any atom is 0.338 e. The third-order valence-corrected chi connectivity index (χ3v) is 4.33. The second kappa shape index (κ2) is 9.00. The number of hydrogen-bond acceptors (Lipinski definition) is 6. The summed E-state index contributed by atoms with van der Waals surface area (Å²) in [7, 11) is 0. The van der Waals surface area contributed by atoms with E-state index in [9.17, 15) is 9.59 Å². The van der Waals surface area contributed by atoms with E-state index in [1.165, 1.54) is 6.07 Å². The van der Waals surface area contributed by atoms with Crippen LogP contribution in [0.15, 0.2) is 72.8 Å². The number of anilines is 1. The van der Waals surface area contributed by atoms with E-state index in [1.807, 2.05) is 30.3 Å². The summed E-state index contributed by atoms with van der Waals surface area (Å²) in [6.07, 6.45) is 0. The van der Waals surface area contributed by atoms with Crippen LogP contribution < -0.4 is 19.5 Å². The molecule has 0 fully saturated rings. The summed E-state index contributed by atoms with van der Waals surface area (Å²) >= 11 is 0. The predicted octanol–water partition coefficient (Wildman–Crippen LogP) is 3.79. The molecule has 1 amide bonds. The second-order valence-corrected chi connectivity index (χ2v) is 6.49. The lowest BCUT2D eigenvalue weighted by Crippen LogP contribution is -2.20. The Kier molecular flexibility index (Phi) is 5.80. The number of rotatable bonds is 7. The highest BCUT2D eigenvalue weighted by molar-refractivity contribution is 5.95. The van der Waals surface area contributed by atoms with E-state index in [0.717, 1.165) is 5.56 Å². The van der Waals surface area contributed by atoms with Gasteiger partial charge in [-0.05, 0) is 48.0 Å². The van der Waals surface area contributed by atoms with Gasteiger partial charge in [-0.3, -0.25) is 4.79 Å². The molecular formula is C23H19NO6. The van der Waals surface area contributed by atoms with Crippen LogP contribution in [0.25, 0.3) is 0 Å². The first-order chi connectivity index (χ1) is 14.7. The maximum atomic E-state index is 12.1. The molecule has 0 saturated carbocycles. The van der Waals surface area contributed by atoms with E-state index in [2.05, 4.69) is 5.32 Å². The highest BCUT2D eigenvalue weighted by atomic mass is 16.7. The maximum absolute atomic E-state index is 12.1. The number of amides is 1. The predicted molar refractivity (Wildman–Crippen MR) is 109 cm³/mol. The number of esters is 1. The Morgan fingerprint density at radius 3 is 2.47 bits per heavy atom. The zero-order valence-electron chi connectivity index (χ0n) is 16.0. The first-order valence-electron chi connectivity index (χ1n) is 9.31. The van der Waals surface area contributed by atoms with E-state index in [-0.39, 0.29) is 12.4 Å². The van der Waals surface area contributed by atoms with Gasteiger partial charge in [-0.2, -0.15) is 0 Å². The molecule has 0 aliphatic carbocycles. The molecule has 7 heteroatoms. The molecule has 4 rings (SSSR count). The monoisotopic (exact) mass is 405 g/mol. The van der Waals surface area contributed by atoms with Crippen molar-refractivity contribution in [1.29, 1.82) is 0 Å². The summed E-state index contributed by atoms with van der Waals surface area (Å²) in [6.45, 7) is 0.175. The molecule has 1 aliphatic heterocycles. The van der Waals surface area contributed by atoms with Crippen LogP contribution in [-0.4, -0.2) is 25.3 Å². The Labute approximate surface area is 173 Å². The summed E-state index contributed by atoms with van der Waals surface area (Å²) < 4.78 is 21.2. The van der Waals surface area contributed by atoms with Gasteiger partial charge >= 0.3 is 5.97 Å². The third kappa shape index (κ3) is 4.88. The Balaban J connectivity index is 1.24. The van der Waals surface area contributed by atoms with Crippen LogP contribution >= 0.6 is 0 Å². The molecule has 1 N–H and O–H groups in total. The lowest BCUT2D eigenvalue weighted by atomic mass is 10.2. The number of carbonyl (C=O) groups is 2. The number of fused-ring (bicyclic) bond motifs is 1. The highest BCUT2D eigenvalue weighted by Crippen LogP contribution is 2.32. The van der Waals surface area contributed by atoms with Gasteiger partial charge < -0.3 is 24.3 Å². The number of ether oxygens (including phenoxy) is 4. The number of hydrogen-bond donors (Lipinski definition) is 1. The van der Waals surface area contributed by atoms with Gasteiger partial charge in [0, 0.05) is 5.69 Å². The fourth-order valence-electron chi connectivity index (χ4n) is 2.81. The van der Waals surface area contributed by atoms with Crippen molar-refractivity contribution in [2.75, 3.05) is 18.7 Å². The molecule has 1 heterocycles. The van der Waals surface area contributed by atoms with E-state index < -0.39 is 18.5 Å². The van der Waals surface area contributed by atoms with E-state index in [1.54, 1.807) is 36.4 Å². The largest absolute Gasteiger partial charge is 0.489 e. The SMILES string of the molecule is O=C(COC(=O)c1ccc2c(c1)OCO2)Nc1ccc(OCc2ccccc2)cc1. The van der Waals surface area contributed by atoms with Crippen molar-refractivity contribution in [1.82, 2.24) is 0 Å². The molecule has 3 aromatic carbocycles. The van der Waals surface area contributed by atoms with Gasteiger partial charge in [-0.25, -0.2) is 4.79 Å². The average Bonchev–Trinajstić information content (AvgIpc) is 3.26. The molecule has 0 unspecified atom stereocenters. The Morgan fingerprint density at radius 1 is 0.900 bits per heavy atom. The van der Waals surface area contributed by atoms with Crippen molar-refractivity contribution in [3.8, 4) is 17.2 Å². The molecule has 0 saturated heterocycles. The molecule has 30 heavy (non-hydrogen) atoms. The molecule has 7 nitrogen and oxygen atoms in total. The van der Waals surface area contributed by atoms with Crippen molar-refractivity contribution in [2.24, 2.45) is 0 Å². The molecule has 152 valence electrons. The average molecular weight is 405 g/mol. The van der Waals surface area contributed by atoms with Crippen LogP contribution in [0.1, 0.15) is 15.9 Å². The molecule has 0 radical (unpaired) electrons. The zero-order valence-corrected chi connectivity index (χ0v) is 16.0. The Bertz CT molecular complexity index is 1030. The van der Waals surface area contributed by atoms with Crippen LogP contribution in [-0.2, 0) is 16.1 Å². The highest BCUT2D eigenvalue weighted by Gasteiger charge is 2.17. The van der Waals surface area contributed by atoms with Crippen LogP contribution in [0, 0.1) is 0 Å². The molecular weight excluding hydrogens is 386 g/mol. The summed E-state index contributed by atoms with van der Waals surface area (Å²) in [5, 5.41) is 2.68. The van der Waals surface area contributed by atoms with Crippen molar-refractivity contribution in [3.05, 3.63) is 83.9 Å². The third-order valence-electron chi connectivity index (χ3n) is 4.33. The standard InChI is InChI=1S/C23H19NO6/c25-22(14-28-23(26)17-6-11-20-21(12-17)30-15-29-20)24-18-7-9-19(10-8-18)27-13-16-4-2-1-3-5-16/h1-12H,13-15H2,(H,24,25). The van der Waals surface area contributed by atoms with Crippen LogP contribution in [0.5, 0.6) is 17.2 Å². The fraction of sp³-hybridized carbons (Fsp3) is 0.130. The van der Waals surface area contributed by atoms with E-state index in [4.69, 9.17) is 18.9 Å². The minimum atomic E-state index is -0.617. The summed E-state index contributed by atoms with van der Waals surface area (Å²) in [5.74, 6) is 0.671. The van der Waals surface area contributed by atoms with Crippen molar-refractivity contribution >= 4 is 17.6 Å². The molecule has 0 atom stereocenters. The van der Waals surface area contributed by atoms with Gasteiger partial charge in [-0.15, -0.1) is 0 Å².